The highest BCUT2D eigenvalue weighted by atomic mass is 31.2. The van der Waals surface area contributed by atoms with E-state index >= 15 is 0 Å². The van der Waals surface area contributed by atoms with Gasteiger partial charge in [0.15, 0.2) is 0 Å². The summed E-state index contributed by atoms with van der Waals surface area (Å²) in [7, 11) is -1.82. The fourth-order valence-corrected chi connectivity index (χ4v) is 5.32. The molecule has 0 aromatic heterocycles. The van der Waals surface area contributed by atoms with Crippen LogP contribution in [-0.4, -0.2) is 0 Å². The van der Waals surface area contributed by atoms with Crippen molar-refractivity contribution in [3.05, 3.63) is 88.0 Å². The first-order chi connectivity index (χ1) is 16.9. The van der Waals surface area contributed by atoms with E-state index in [2.05, 4.69) is 138 Å². The summed E-state index contributed by atoms with van der Waals surface area (Å²) in [6.45, 7) is 26.0. The van der Waals surface area contributed by atoms with E-state index in [4.69, 9.17) is 13.6 Å². The summed E-state index contributed by atoms with van der Waals surface area (Å²) >= 11 is 0. The van der Waals surface area contributed by atoms with E-state index in [-0.39, 0.29) is 16.2 Å². The average Bonchev–Trinajstić information content (AvgIpc) is 2.71. The maximum absolute atomic E-state index is 6.70. The highest BCUT2D eigenvalue weighted by molar-refractivity contribution is 7.43. The van der Waals surface area contributed by atoms with Gasteiger partial charge in [0.25, 0.3) is 0 Å². The Morgan fingerprint density at radius 3 is 0.892 bits per heavy atom. The van der Waals surface area contributed by atoms with Crippen molar-refractivity contribution in [2.24, 2.45) is 0 Å². The summed E-state index contributed by atoms with van der Waals surface area (Å²) < 4.78 is 20.1. The first-order valence-corrected chi connectivity index (χ1v) is 14.2. The summed E-state index contributed by atoms with van der Waals surface area (Å²) in [6, 6.07) is 19.1. The van der Waals surface area contributed by atoms with Crippen LogP contribution in [-0.2, 0) is 16.2 Å². The second-order valence-electron chi connectivity index (χ2n) is 13.2. The fraction of sp³-hybridized carbons (Fsp3) is 0.455. The topological polar surface area (TPSA) is 27.7 Å². The zero-order valence-corrected chi connectivity index (χ0v) is 25.8. The highest BCUT2D eigenvalue weighted by Gasteiger charge is 2.30. The van der Waals surface area contributed by atoms with Gasteiger partial charge in [0.05, 0.1) is 0 Å². The zero-order valence-electron chi connectivity index (χ0n) is 24.9. The van der Waals surface area contributed by atoms with Crippen LogP contribution in [0.2, 0.25) is 0 Å². The number of benzene rings is 3. The van der Waals surface area contributed by atoms with Crippen molar-refractivity contribution in [2.45, 2.75) is 99.3 Å². The molecule has 0 heterocycles. The minimum atomic E-state index is -1.82. The van der Waals surface area contributed by atoms with Gasteiger partial charge in [0, 0.05) is 16.7 Å². The molecule has 0 aliphatic heterocycles. The molecule has 3 aromatic carbocycles. The lowest BCUT2D eigenvalue weighted by Crippen LogP contribution is -2.17. The zero-order chi connectivity index (χ0) is 27.8. The molecule has 0 radical (unpaired) electrons. The van der Waals surface area contributed by atoms with Crippen LogP contribution in [0.1, 0.15) is 95.7 Å². The summed E-state index contributed by atoms with van der Waals surface area (Å²) in [4.78, 5) is 0. The van der Waals surface area contributed by atoms with Crippen molar-refractivity contribution in [3.63, 3.8) is 0 Å². The van der Waals surface area contributed by atoms with E-state index in [1.807, 2.05) is 0 Å². The van der Waals surface area contributed by atoms with E-state index in [1.165, 1.54) is 0 Å². The van der Waals surface area contributed by atoms with E-state index < -0.39 is 8.60 Å². The van der Waals surface area contributed by atoms with Gasteiger partial charge in [0.2, 0.25) is 0 Å². The molecule has 0 saturated heterocycles. The Balaban J connectivity index is 2.14. The van der Waals surface area contributed by atoms with Gasteiger partial charge >= 0.3 is 8.60 Å². The van der Waals surface area contributed by atoms with Gasteiger partial charge in [-0.15, -0.1) is 0 Å². The summed E-state index contributed by atoms with van der Waals surface area (Å²) in [5.41, 5.74) is 6.49. The normalized spacial score (nSPS) is 12.6. The minimum absolute atomic E-state index is 0.0934. The number of aryl methyl sites for hydroxylation is 3. The van der Waals surface area contributed by atoms with Crippen LogP contribution in [0.5, 0.6) is 17.2 Å². The lowest BCUT2D eigenvalue weighted by molar-refractivity contribution is 0.372. The quantitative estimate of drug-likeness (QED) is 0.303. The van der Waals surface area contributed by atoms with Crippen LogP contribution in [0.15, 0.2) is 54.6 Å². The standard InChI is InChI=1S/C33H45O3P/c1-22-13-16-25(31(4,5)6)28(19-22)34-37(35-29-20-23(2)14-17-26(29)32(7,8)9)36-30-21-24(3)15-18-27(30)33(10,11)12/h13-21H,1-12H3. The van der Waals surface area contributed by atoms with E-state index in [0.29, 0.717) is 0 Å². The van der Waals surface area contributed by atoms with Crippen molar-refractivity contribution >= 4 is 8.60 Å². The molecule has 0 aliphatic rings. The third-order valence-corrected chi connectivity index (χ3v) is 7.39. The Morgan fingerprint density at radius 2 is 0.676 bits per heavy atom. The molecule has 0 atom stereocenters. The van der Waals surface area contributed by atoms with Crippen LogP contribution >= 0.6 is 8.60 Å². The van der Waals surface area contributed by atoms with Gasteiger partial charge in [-0.25, -0.2) is 0 Å². The van der Waals surface area contributed by atoms with Gasteiger partial charge in [-0.2, -0.15) is 0 Å². The van der Waals surface area contributed by atoms with Crippen molar-refractivity contribution in [1.29, 1.82) is 0 Å². The van der Waals surface area contributed by atoms with Crippen molar-refractivity contribution in [3.8, 4) is 17.2 Å². The van der Waals surface area contributed by atoms with Crippen LogP contribution in [0.25, 0.3) is 0 Å². The van der Waals surface area contributed by atoms with Gasteiger partial charge in [0.1, 0.15) is 17.2 Å². The Kier molecular flexibility index (Phi) is 8.40. The predicted molar refractivity (Wildman–Crippen MR) is 158 cm³/mol. The highest BCUT2D eigenvalue weighted by Crippen LogP contribution is 2.49. The van der Waals surface area contributed by atoms with Crippen molar-refractivity contribution in [2.75, 3.05) is 0 Å². The van der Waals surface area contributed by atoms with Crippen LogP contribution < -0.4 is 13.6 Å². The maximum atomic E-state index is 6.70. The predicted octanol–water partition coefficient (Wildman–Crippen LogP) is 10.3. The maximum Gasteiger partial charge on any atom is 0.530 e. The van der Waals surface area contributed by atoms with Gasteiger partial charge < -0.3 is 13.6 Å². The molecule has 37 heavy (non-hydrogen) atoms. The molecule has 0 aliphatic carbocycles. The summed E-state index contributed by atoms with van der Waals surface area (Å²) in [5, 5.41) is 0. The Labute approximate surface area is 226 Å². The monoisotopic (exact) mass is 520 g/mol. The Bertz CT molecular complexity index is 1080. The van der Waals surface area contributed by atoms with Crippen molar-refractivity contribution in [1.82, 2.24) is 0 Å². The minimum Gasteiger partial charge on any atom is -0.408 e. The number of hydrogen-bond acceptors (Lipinski definition) is 3. The smallest absolute Gasteiger partial charge is 0.408 e. The second kappa shape index (κ2) is 10.7. The van der Waals surface area contributed by atoms with Crippen molar-refractivity contribution < 1.29 is 13.6 Å². The molecule has 0 unspecified atom stereocenters. The molecule has 3 rings (SSSR count). The molecule has 0 N–H and O–H groups in total. The van der Waals surface area contributed by atoms with Crippen LogP contribution in [0.3, 0.4) is 0 Å². The van der Waals surface area contributed by atoms with Crippen LogP contribution in [0.4, 0.5) is 0 Å². The molecular formula is C33H45O3P. The Morgan fingerprint density at radius 1 is 0.432 bits per heavy atom. The Hall–Kier alpha value is -2.51. The van der Waals surface area contributed by atoms with Gasteiger partial charge in [-0.3, -0.25) is 0 Å². The molecule has 0 amide bonds. The molecule has 0 bridgehead atoms. The lowest BCUT2D eigenvalue weighted by Gasteiger charge is -2.29. The third-order valence-electron chi connectivity index (χ3n) is 6.35. The first kappa shape index (κ1) is 29.1. The van der Waals surface area contributed by atoms with E-state index in [0.717, 1.165) is 50.6 Å². The lowest BCUT2D eigenvalue weighted by atomic mass is 9.86. The first-order valence-electron chi connectivity index (χ1n) is 13.1. The molecular weight excluding hydrogens is 475 g/mol. The molecule has 0 fully saturated rings. The van der Waals surface area contributed by atoms with Gasteiger partial charge in [-0.1, -0.05) is 98.7 Å². The number of rotatable bonds is 6. The summed E-state index contributed by atoms with van der Waals surface area (Å²) in [5.74, 6) is 2.40. The van der Waals surface area contributed by atoms with E-state index in [1.54, 1.807) is 0 Å². The van der Waals surface area contributed by atoms with E-state index in [9.17, 15) is 0 Å². The third kappa shape index (κ3) is 7.51. The molecule has 200 valence electrons. The average molecular weight is 521 g/mol. The molecule has 0 saturated carbocycles. The fourth-order valence-electron chi connectivity index (χ4n) is 4.27. The SMILES string of the molecule is Cc1ccc(C(C)(C)C)c(OP(Oc2cc(C)ccc2C(C)(C)C)Oc2cc(C)ccc2C(C)(C)C)c1. The number of hydrogen-bond donors (Lipinski definition) is 0. The largest absolute Gasteiger partial charge is 0.530 e. The molecule has 3 aromatic rings. The summed E-state index contributed by atoms with van der Waals surface area (Å²) in [6.07, 6.45) is 0. The van der Waals surface area contributed by atoms with Crippen LogP contribution in [0, 0.1) is 20.8 Å². The molecule has 0 spiro atoms. The molecule has 4 heteroatoms. The molecule has 3 nitrogen and oxygen atoms in total. The second-order valence-corrected chi connectivity index (χ2v) is 14.2. The van der Waals surface area contributed by atoms with Gasteiger partial charge in [-0.05, 0) is 71.9 Å².